The predicted octanol–water partition coefficient (Wildman–Crippen LogP) is 1.49. The molecule has 1 aromatic rings. The van der Waals surface area contributed by atoms with Crippen LogP contribution in [0.2, 0.25) is 0 Å². The number of likely N-dealkylation sites (N-methyl/N-ethyl adjacent to an activating group) is 1. The highest BCUT2D eigenvalue weighted by atomic mass is 32.2. The van der Waals surface area contributed by atoms with E-state index in [1.54, 1.807) is 16.7 Å². The van der Waals surface area contributed by atoms with Crippen molar-refractivity contribution in [1.29, 1.82) is 0 Å². The van der Waals surface area contributed by atoms with Gasteiger partial charge in [0.1, 0.15) is 12.4 Å². The zero-order valence-electron chi connectivity index (χ0n) is 11.4. The van der Waals surface area contributed by atoms with E-state index in [4.69, 9.17) is 4.74 Å². The van der Waals surface area contributed by atoms with Crippen molar-refractivity contribution in [2.75, 3.05) is 31.8 Å². The van der Waals surface area contributed by atoms with E-state index in [2.05, 4.69) is 5.32 Å². The van der Waals surface area contributed by atoms with Gasteiger partial charge in [0.05, 0.1) is 12.6 Å². The first-order valence-corrected chi connectivity index (χ1v) is 7.58. The standard InChI is InChI=1S/C14H20N2O2S/c1-11-5-3-4-6-13(11)18-8-7-16(2)14(17)12-9-19-10-15-12/h3-6,12,15H,7-10H2,1-2H3/t12-/m0/s1. The van der Waals surface area contributed by atoms with Crippen molar-refractivity contribution in [3.05, 3.63) is 29.8 Å². The lowest BCUT2D eigenvalue weighted by Crippen LogP contribution is -2.44. The van der Waals surface area contributed by atoms with E-state index in [1.165, 1.54) is 0 Å². The van der Waals surface area contributed by atoms with Crippen LogP contribution in [-0.2, 0) is 4.79 Å². The lowest BCUT2D eigenvalue weighted by molar-refractivity contribution is -0.131. The summed E-state index contributed by atoms with van der Waals surface area (Å²) in [6.45, 7) is 3.15. The molecule has 19 heavy (non-hydrogen) atoms. The van der Waals surface area contributed by atoms with Crippen molar-refractivity contribution in [1.82, 2.24) is 10.2 Å². The predicted molar refractivity (Wildman–Crippen MR) is 78.6 cm³/mol. The summed E-state index contributed by atoms with van der Waals surface area (Å²) in [5.41, 5.74) is 1.12. The van der Waals surface area contributed by atoms with Gasteiger partial charge in [-0.15, -0.1) is 11.8 Å². The number of nitrogens with one attached hydrogen (secondary N) is 1. The van der Waals surface area contributed by atoms with Crippen molar-refractivity contribution in [3.63, 3.8) is 0 Å². The first-order chi connectivity index (χ1) is 9.18. The number of hydrogen-bond donors (Lipinski definition) is 1. The van der Waals surface area contributed by atoms with E-state index in [0.29, 0.717) is 13.2 Å². The molecule has 0 aliphatic carbocycles. The van der Waals surface area contributed by atoms with Crippen LogP contribution in [0.3, 0.4) is 0 Å². The SMILES string of the molecule is Cc1ccccc1OCCN(C)C(=O)[C@@H]1CSCN1. The number of aryl methyl sites for hydroxylation is 1. The molecular formula is C14H20N2O2S. The summed E-state index contributed by atoms with van der Waals surface area (Å²) in [7, 11) is 1.83. The molecule has 0 bridgehead atoms. The highest BCUT2D eigenvalue weighted by Crippen LogP contribution is 2.16. The van der Waals surface area contributed by atoms with Crippen LogP contribution >= 0.6 is 11.8 Å². The average molecular weight is 280 g/mol. The van der Waals surface area contributed by atoms with Gasteiger partial charge in [-0.3, -0.25) is 10.1 Å². The second-order valence-electron chi connectivity index (χ2n) is 4.65. The fourth-order valence-corrected chi connectivity index (χ4v) is 2.87. The number of benzene rings is 1. The van der Waals surface area contributed by atoms with E-state index in [9.17, 15) is 4.79 Å². The van der Waals surface area contributed by atoms with Gasteiger partial charge in [-0.25, -0.2) is 0 Å². The Bertz CT molecular complexity index is 433. The Labute approximate surface area is 118 Å². The third-order valence-electron chi connectivity index (χ3n) is 3.17. The minimum atomic E-state index is -0.0338. The molecule has 2 rings (SSSR count). The zero-order chi connectivity index (χ0) is 13.7. The second-order valence-corrected chi connectivity index (χ2v) is 5.68. The number of para-hydroxylation sites is 1. The minimum absolute atomic E-state index is 0.0338. The third-order valence-corrected chi connectivity index (χ3v) is 4.11. The molecule has 1 fully saturated rings. The molecule has 1 atom stereocenters. The van der Waals surface area contributed by atoms with Crippen LogP contribution in [0.15, 0.2) is 24.3 Å². The molecule has 1 heterocycles. The number of nitrogens with zero attached hydrogens (tertiary/aromatic N) is 1. The molecule has 1 aliphatic heterocycles. The van der Waals surface area contributed by atoms with Crippen LogP contribution in [-0.4, -0.2) is 48.7 Å². The quantitative estimate of drug-likeness (QED) is 0.887. The molecule has 1 N–H and O–H groups in total. The normalized spacial score (nSPS) is 18.3. The van der Waals surface area contributed by atoms with Crippen LogP contribution in [0.25, 0.3) is 0 Å². The van der Waals surface area contributed by atoms with Gasteiger partial charge in [-0.1, -0.05) is 18.2 Å². The van der Waals surface area contributed by atoms with Gasteiger partial charge in [0.2, 0.25) is 5.91 Å². The molecule has 0 saturated carbocycles. The Morgan fingerprint density at radius 2 is 2.32 bits per heavy atom. The topological polar surface area (TPSA) is 41.6 Å². The molecule has 4 nitrogen and oxygen atoms in total. The highest BCUT2D eigenvalue weighted by Gasteiger charge is 2.25. The molecule has 1 aliphatic rings. The van der Waals surface area contributed by atoms with E-state index in [0.717, 1.165) is 22.9 Å². The van der Waals surface area contributed by atoms with Crippen molar-refractivity contribution >= 4 is 17.7 Å². The number of hydrogen-bond acceptors (Lipinski definition) is 4. The van der Waals surface area contributed by atoms with Gasteiger partial charge in [-0.05, 0) is 18.6 Å². The highest BCUT2D eigenvalue weighted by molar-refractivity contribution is 7.99. The maximum Gasteiger partial charge on any atom is 0.240 e. The van der Waals surface area contributed by atoms with Gasteiger partial charge in [0, 0.05) is 18.7 Å². The molecular weight excluding hydrogens is 260 g/mol. The Morgan fingerprint density at radius 3 is 3.00 bits per heavy atom. The van der Waals surface area contributed by atoms with Gasteiger partial charge >= 0.3 is 0 Å². The molecule has 5 heteroatoms. The average Bonchev–Trinajstić information content (AvgIpc) is 2.94. The molecule has 0 spiro atoms. The van der Waals surface area contributed by atoms with Gasteiger partial charge in [0.15, 0.2) is 0 Å². The second kappa shape index (κ2) is 6.82. The van der Waals surface area contributed by atoms with Crippen LogP contribution in [0.4, 0.5) is 0 Å². The van der Waals surface area contributed by atoms with Gasteiger partial charge in [0.25, 0.3) is 0 Å². The zero-order valence-corrected chi connectivity index (χ0v) is 12.2. The Kier molecular flexibility index (Phi) is 5.10. The third kappa shape index (κ3) is 3.88. The van der Waals surface area contributed by atoms with Crippen molar-refractivity contribution in [3.8, 4) is 5.75 Å². The number of ether oxygens (including phenoxy) is 1. The van der Waals surface area contributed by atoms with Crippen molar-refractivity contribution in [2.24, 2.45) is 0 Å². The molecule has 1 aromatic carbocycles. The number of carbonyl (C=O) groups is 1. The molecule has 0 radical (unpaired) electrons. The largest absolute Gasteiger partial charge is 0.491 e. The van der Waals surface area contributed by atoms with Crippen LogP contribution in [0, 0.1) is 6.92 Å². The maximum absolute atomic E-state index is 12.0. The first kappa shape index (κ1) is 14.2. The van der Waals surface area contributed by atoms with Crippen molar-refractivity contribution < 1.29 is 9.53 Å². The number of thioether (sulfide) groups is 1. The van der Waals surface area contributed by atoms with Gasteiger partial charge < -0.3 is 9.64 Å². The lowest BCUT2D eigenvalue weighted by Gasteiger charge is -2.21. The van der Waals surface area contributed by atoms with E-state index >= 15 is 0 Å². The Morgan fingerprint density at radius 1 is 1.53 bits per heavy atom. The summed E-state index contributed by atoms with van der Waals surface area (Å²) in [4.78, 5) is 13.8. The number of amides is 1. The van der Waals surface area contributed by atoms with Crippen molar-refractivity contribution in [2.45, 2.75) is 13.0 Å². The fourth-order valence-electron chi connectivity index (χ4n) is 1.94. The van der Waals surface area contributed by atoms with Crippen LogP contribution in [0.1, 0.15) is 5.56 Å². The Hall–Kier alpha value is -1.20. The lowest BCUT2D eigenvalue weighted by atomic mass is 10.2. The smallest absolute Gasteiger partial charge is 0.240 e. The fraction of sp³-hybridized carbons (Fsp3) is 0.500. The Balaban J connectivity index is 1.76. The molecule has 0 unspecified atom stereocenters. The van der Waals surface area contributed by atoms with Crippen LogP contribution < -0.4 is 10.1 Å². The summed E-state index contributed by atoms with van der Waals surface area (Å²) >= 11 is 1.76. The summed E-state index contributed by atoms with van der Waals surface area (Å²) in [5, 5.41) is 3.19. The maximum atomic E-state index is 12.0. The summed E-state index contributed by atoms with van der Waals surface area (Å²) < 4.78 is 5.70. The molecule has 104 valence electrons. The summed E-state index contributed by atoms with van der Waals surface area (Å²) in [5.74, 6) is 2.77. The van der Waals surface area contributed by atoms with Gasteiger partial charge in [-0.2, -0.15) is 0 Å². The first-order valence-electron chi connectivity index (χ1n) is 6.43. The molecule has 1 amide bonds. The monoisotopic (exact) mass is 280 g/mol. The number of carbonyl (C=O) groups excluding carboxylic acids is 1. The number of rotatable bonds is 5. The summed E-state index contributed by atoms with van der Waals surface area (Å²) in [6.07, 6.45) is 0. The van der Waals surface area contributed by atoms with Crippen LogP contribution in [0.5, 0.6) is 5.75 Å². The molecule has 1 saturated heterocycles. The van der Waals surface area contributed by atoms with E-state index in [1.807, 2.05) is 38.2 Å². The molecule has 0 aromatic heterocycles. The van der Waals surface area contributed by atoms with E-state index in [-0.39, 0.29) is 11.9 Å². The van der Waals surface area contributed by atoms with E-state index < -0.39 is 0 Å². The minimum Gasteiger partial charge on any atom is -0.491 e. The summed E-state index contributed by atoms with van der Waals surface area (Å²) in [6, 6.07) is 7.88.